The van der Waals surface area contributed by atoms with Crippen molar-refractivity contribution in [3.8, 4) is 22.6 Å². The zero-order valence-electron chi connectivity index (χ0n) is 16.5. The van der Waals surface area contributed by atoms with Crippen molar-refractivity contribution in [1.29, 1.82) is 0 Å². The maximum Gasteiger partial charge on any atom is 0.220 e. The summed E-state index contributed by atoms with van der Waals surface area (Å²) >= 11 is 0. The number of piperidine rings is 1. The van der Waals surface area contributed by atoms with Crippen LogP contribution in [0.2, 0.25) is 0 Å². The predicted molar refractivity (Wildman–Crippen MR) is 117 cm³/mol. The molecule has 0 aliphatic carbocycles. The lowest BCUT2D eigenvalue weighted by atomic mass is 10.0. The Morgan fingerprint density at radius 1 is 1.07 bits per heavy atom. The van der Waals surface area contributed by atoms with Crippen LogP contribution in [-0.2, 0) is 0 Å². The highest BCUT2D eigenvalue weighted by Gasteiger charge is 2.22. The molecule has 5 rings (SSSR count). The van der Waals surface area contributed by atoms with Gasteiger partial charge in [0.15, 0.2) is 5.76 Å². The van der Waals surface area contributed by atoms with Crippen molar-refractivity contribution in [2.24, 2.45) is 0 Å². The molecule has 2 aromatic carbocycles. The molecule has 0 amide bonds. The van der Waals surface area contributed by atoms with E-state index in [1.807, 2.05) is 36.4 Å². The van der Waals surface area contributed by atoms with Crippen LogP contribution in [0.25, 0.3) is 33.5 Å². The molecule has 1 saturated heterocycles. The Labute approximate surface area is 174 Å². The molecule has 1 fully saturated rings. The fraction of sp³-hybridized carbons (Fsp3) is 0.261. The van der Waals surface area contributed by atoms with E-state index >= 15 is 0 Å². The molecule has 2 aromatic heterocycles. The number of aliphatic hydroxyl groups is 1. The highest BCUT2D eigenvalue weighted by molar-refractivity contribution is 5.94. The molecule has 3 N–H and O–H groups in total. The lowest BCUT2D eigenvalue weighted by Gasteiger charge is -2.36. The minimum atomic E-state index is 0.185. The number of anilines is 2. The Bertz CT molecular complexity index is 1170. The average Bonchev–Trinajstić information content (AvgIpc) is 3.22. The van der Waals surface area contributed by atoms with Gasteiger partial charge >= 0.3 is 0 Å². The minimum absolute atomic E-state index is 0.185. The topological polar surface area (TPSA) is 101 Å². The number of nitrogen functional groups attached to an aromatic ring is 1. The molecule has 0 radical (unpaired) electrons. The molecule has 3 heterocycles. The molecule has 7 heteroatoms. The molecule has 0 bridgehead atoms. The first kappa shape index (κ1) is 18.6. The molecule has 0 saturated carbocycles. The molecule has 0 spiro atoms. The van der Waals surface area contributed by atoms with Crippen LogP contribution in [0.4, 0.5) is 11.6 Å². The van der Waals surface area contributed by atoms with Crippen molar-refractivity contribution >= 4 is 22.5 Å². The average molecular weight is 401 g/mol. The summed E-state index contributed by atoms with van der Waals surface area (Å²) < 4.78 is 5.68. The van der Waals surface area contributed by atoms with Gasteiger partial charge in [-0.3, -0.25) is 0 Å². The van der Waals surface area contributed by atoms with Gasteiger partial charge in [-0.15, -0.1) is 0 Å². The van der Waals surface area contributed by atoms with Crippen LogP contribution in [0.1, 0.15) is 19.3 Å². The van der Waals surface area contributed by atoms with Gasteiger partial charge in [0.05, 0.1) is 23.7 Å². The first-order valence-corrected chi connectivity index (χ1v) is 10.2. The Hall–Kier alpha value is -3.45. The third-order valence-electron chi connectivity index (χ3n) is 5.75. The van der Waals surface area contributed by atoms with Gasteiger partial charge in [-0.05, 0) is 61.7 Å². The zero-order chi connectivity index (χ0) is 20.5. The zero-order valence-corrected chi connectivity index (χ0v) is 16.5. The Balaban J connectivity index is 1.49. The van der Waals surface area contributed by atoms with Gasteiger partial charge in [-0.2, -0.15) is 0 Å². The standard InChI is InChI=1S/C23H23N5O2/c24-23-25-11-10-20(26-23)16-6-9-21-19(13-16)22(30-27-21)15-4-7-17(8-5-15)28-12-2-1-3-18(28)14-29/h4-11,13,18,29H,1-3,12,14H2,(H2,24,25,26). The fourth-order valence-electron chi connectivity index (χ4n) is 4.18. The number of aliphatic hydroxyl groups excluding tert-OH is 1. The molecule has 7 nitrogen and oxygen atoms in total. The summed E-state index contributed by atoms with van der Waals surface area (Å²) in [6, 6.07) is 16.2. The summed E-state index contributed by atoms with van der Waals surface area (Å²) in [6.07, 6.45) is 5.00. The first-order chi connectivity index (χ1) is 14.7. The van der Waals surface area contributed by atoms with E-state index in [4.69, 9.17) is 10.3 Å². The monoisotopic (exact) mass is 401 g/mol. The predicted octanol–water partition coefficient (Wildman–Crippen LogP) is 3.89. The number of benzene rings is 2. The van der Waals surface area contributed by atoms with Gasteiger partial charge < -0.3 is 20.3 Å². The Kier molecular flexibility index (Phi) is 4.80. The van der Waals surface area contributed by atoms with E-state index in [2.05, 4.69) is 32.2 Å². The third kappa shape index (κ3) is 3.37. The number of fused-ring (bicyclic) bond motifs is 1. The van der Waals surface area contributed by atoms with Crippen LogP contribution in [0, 0.1) is 0 Å². The maximum atomic E-state index is 9.70. The summed E-state index contributed by atoms with van der Waals surface area (Å²) in [7, 11) is 0. The van der Waals surface area contributed by atoms with Crippen LogP contribution in [-0.4, -0.2) is 39.4 Å². The van der Waals surface area contributed by atoms with Crippen molar-refractivity contribution in [3.05, 3.63) is 54.7 Å². The summed E-state index contributed by atoms with van der Waals surface area (Å²) in [4.78, 5) is 10.6. The maximum absolute atomic E-state index is 9.70. The van der Waals surface area contributed by atoms with E-state index in [9.17, 15) is 5.11 Å². The SMILES string of the molecule is Nc1nccc(-c2ccc3noc(-c4ccc(N5CCCCC5CO)cc4)c3c2)n1. The van der Waals surface area contributed by atoms with Crippen LogP contribution in [0.3, 0.4) is 0 Å². The van der Waals surface area contributed by atoms with Crippen molar-refractivity contribution in [3.63, 3.8) is 0 Å². The highest BCUT2D eigenvalue weighted by Crippen LogP contribution is 2.33. The molecule has 4 aromatic rings. The van der Waals surface area contributed by atoms with Gasteiger partial charge in [0.2, 0.25) is 5.95 Å². The van der Waals surface area contributed by atoms with Crippen LogP contribution >= 0.6 is 0 Å². The second kappa shape index (κ2) is 7.76. The van der Waals surface area contributed by atoms with Gasteiger partial charge in [0.1, 0.15) is 5.52 Å². The van der Waals surface area contributed by atoms with E-state index in [0.717, 1.165) is 58.6 Å². The fourth-order valence-corrected chi connectivity index (χ4v) is 4.18. The number of aromatic nitrogens is 3. The van der Waals surface area contributed by atoms with Gasteiger partial charge in [-0.1, -0.05) is 11.2 Å². The van der Waals surface area contributed by atoms with Crippen LogP contribution in [0.15, 0.2) is 59.3 Å². The summed E-state index contributed by atoms with van der Waals surface area (Å²) in [6.45, 7) is 1.16. The van der Waals surface area contributed by atoms with Crippen molar-refractivity contribution in [2.75, 3.05) is 23.8 Å². The Morgan fingerprint density at radius 3 is 2.70 bits per heavy atom. The number of rotatable bonds is 4. The van der Waals surface area contributed by atoms with Gasteiger partial charge in [0, 0.05) is 29.6 Å². The molecule has 1 aliphatic rings. The smallest absolute Gasteiger partial charge is 0.220 e. The van der Waals surface area contributed by atoms with E-state index in [0.29, 0.717) is 0 Å². The summed E-state index contributed by atoms with van der Waals surface area (Å²) in [5.74, 6) is 0.963. The third-order valence-corrected chi connectivity index (χ3v) is 5.75. The normalized spacial score (nSPS) is 16.8. The largest absolute Gasteiger partial charge is 0.394 e. The number of hydrogen-bond acceptors (Lipinski definition) is 7. The van der Waals surface area contributed by atoms with Crippen molar-refractivity contribution in [2.45, 2.75) is 25.3 Å². The molecular weight excluding hydrogens is 378 g/mol. The number of nitrogens with two attached hydrogens (primary N) is 1. The van der Waals surface area contributed by atoms with Crippen molar-refractivity contribution in [1.82, 2.24) is 15.1 Å². The molecule has 1 unspecified atom stereocenters. The molecular formula is C23H23N5O2. The lowest BCUT2D eigenvalue weighted by Crippen LogP contribution is -2.41. The van der Waals surface area contributed by atoms with Gasteiger partial charge in [-0.25, -0.2) is 9.97 Å². The second-order valence-electron chi connectivity index (χ2n) is 7.62. The highest BCUT2D eigenvalue weighted by atomic mass is 16.5. The summed E-state index contributed by atoms with van der Waals surface area (Å²) in [5, 5.41) is 14.8. The molecule has 1 aliphatic heterocycles. The van der Waals surface area contributed by atoms with E-state index in [-0.39, 0.29) is 18.6 Å². The lowest BCUT2D eigenvalue weighted by molar-refractivity contribution is 0.240. The molecule has 152 valence electrons. The Morgan fingerprint density at radius 2 is 1.90 bits per heavy atom. The van der Waals surface area contributed by atoms with Crippen molar-refractivity contribution < 1.29 is 9.63 Å². The number of nitrogens with zero attached hydrogens (tertiary/aromatic N) is 4. The van der Waals surface area contributed by atoms with Crippen LogP contribution < -0.4 is 10.6 Å². The minimum Gasteiger partial charge on any atom is -0.394 e. The van der Waals surface area contributed by atoms with E-state index in [1.165, 1.54) is 6.42 Å². The number of hydrogen-bond donors (Lipinski definition) is 2. The van der Waals surface area contributed by atoms with Gasteiger partial charge in [0.25, 0.3) is 0 Å². The van der Waals surface area contributed by atoms with E-state index in [1.54, 1.807) is 6.20 Å². The second-order valence-corrected chi connectivity index (χ2v) is 7.62. The van der Waals surface area contributed by atoms with Crippen LogP contribution in [0.5, 0.6) is 0 Å². The first-order valence-electron chi connectivity index (χ1n) is 10.2. The molecule has 1 atom stereocenters. The van der Waals surface area contributed by atoms with E-state index < -0.39 is 0 Å². The summed E-state index contributed by atoms with van der Waals surface area (Å²) in [5.41, 5.74) is 10.3. The molecule has 30 heavy (non-hydrogen) atoms. The quantitative estimate of drug-likeness (QED) is 0.535.